The summed E-state index contributed by atoms with van der Waals surface area (Å²) >= 11 is 0. The zero-order valence-electron chi connectivity index (χ0n) is 8.95. The fourth-order valence-electron chi connectivity index (χ4n) is 1.22. The van der Waals surface area contributed by atoms with Gasteiger partial charge in [-0.1, -0.05) is 13.3 Å². The summed E-state index contributed by atoms with van der Waals surface area (Å²) in [5, 5.41) is 4.82. The zero-order chi connectivity index (χ0) is 11.9. The molecule has 0 spiro atoms. The number of hydrogen-bond donors (Lipinski definition) is 2. The first kappa shape index (κ1) is 14.2. The van der Waals surface area contributed by atoms with Crippen LogP contribution in [0.5, 0.6) is 0 Å². The highest BCUT2D eigenvalue weighted by Crippen LogP contribution is 2.15. The first-order chi connectivity index (χ1) is 6.91. The van der Waals surface area contributed by atoms with E-state index in [2.05, 4.69) is 5.32 Å². The topological polar surface area (TPSA) is 41.1 Å². The molecule has 0 aromatic heterocycles. The number of carbonyl (C=O) groups excluding carboxylic acids is 1. The Balaban J connectivity index is 4.09. The fourth-order valence-corrected chi connectivity index (χ4v) is 1.22. The van der Waals surface area contributed by atoms with Gasteiger partial charge in [0.1, 0.15) is 0 Å². The third-order valence-electron chi connectivity index (χ3n) is 1.97. The third-order valence-corrected chi connectivity index (χ3v) is 1.97. The van der Waals surface area contributed by atoms with Gasteiger partial charge in [0, 0.05) is 6.04 Å². The molecule has 1 amide bonds. The lowest BCUT2D eigenvalue weighted by Gasteiger charge is -2.18. The van der Waals surface area contributed by atoms with E-state index in [0.717, 1.165) is 6.42 Å². The molecule has 0 aliphatic rings. The first-order valence-corrected chi connectivity index (χ1v) is 4.94. The van der Waals surface area contributed by atoms with Crippen molar-refractivity contribution < 1.29 is 18.0 Å². The van der Waals surface area contributed by atoms with Crippen LogP contribution in [-0.4, -0.2) is 31.7 Å². The zero-order valence-corrected chi connectivity index (χ0v) is 8.95. The summed E-state index contributed by atoms with van der Waals surface area (Å²) in [6, 6.07) is -0.406. The Hall–Kier alpha value is -0.780. The van der Waals surface area contributed by atoms with Crippen LogP contribution in [0.1, 0.15) is 26.2 Å². The molecule has 0 saturated carbocycles. The van der Waals surface area contributed by atoms with Gasteiger partial charge in [-0.15, -0.1) is 0 Å². The molecule has 0 bridgehead atoms. The lowest BCUT2D eigenvalue weighted by Crippen LogP contribution is -2.44. The molecular weight excluding hydrogens is 209 g/mol. The maximum absolute atomic E-state index is 11.9. The number of carbonyl (C=O) groups is 1. The predicted octanol–water partition coefficient (Wildman–Crippen LogP) is 1.44. The molecule has 0 aromatic carbocycles. The van der Waals surface area contributed by atoms with Crippen molar-refractivity contribution in [2.45, 2.75) is 38.4 Å². The summed E-state index contributed by atoms with van der Waals surface area (Å²) in [7, 11) is 1.72. The van der Waals surface area contributed by atoms with Gasteiger partial charge in [-0.25, -0.2) is 0 Å². The van der Waals surface area contributed by atoms with Gasteiger partial charge in [0.15, 0.2) is 0 Å². The number of alkyl halides is 3. The van der Waals surface area contributed by atoms with E-state index >= 15 is 0 Å². The largest absolute Gasteiger partial charge is 0.471 e. The molecule has 0 saturated heterocycles. The normalized spacial score (nSPS) is 13.7. The molecule has 3 nitrogen and oxygen atoms in total. The average Bonchev–Trinajstić information content (AvgIpc) is 2.13. The van der Waals surface area contributed by atoms with Gasteiger partial charge in [0.25, 0.3) is 0 Å². The summed E-state index contributed by atoms with van der Waals surface area (Å²) in [4.78, 5) is 10.7. The molecule has 6 heteroatoms. The molecule has 0 heterocycles. The molecule has 0 rings (SSSR count). The minimum atomic E-state index is -4.79. The molecule has 0 aliphatic heterocycles. The predicted molar refractivity (Wildman–Crippen MR) is 51.4 cm³/mol. The standard InChI is InChI=1S/C9H17F3N2O/c1-3-4-7(5-6-13-2)14-8(15)9(10,11)12/h7,13H,3-6H2,1-2H3,(H,14,15). The summed E-state index contributed by atoms with van der Waals surface area (Å²) < 4.78 is 35.8. The summed E-state index contributed by atoms with van der Waals surface area (Å²) in [6.07, 6.45) is -2.98. The highest BCUT2D eigenvalue weighted by Gasteiger charge is 2.39. The van der Waals surface area contributed by atoms with Crippen molar-refractivity contribution in [1.82, 2.24) is 10.6 Å². The van der Waals surface area contributed by atoms with Gasteiger partial charge in [0.2, 0.25) is 0 Å². The van der Waals surface area contributed by atoms with Crippen molar-refractivity contribution in [3.8, 4) is 0 Å². The van der Waals surface area contributed by atoms with Crippen molar-refractivity contribution in [2.24, 2.45) is 0 Å². The molecule has 90 valence electrons. The molecule has 0 aromatic rings. The Morgan fingerprint density at radius 1 is 1.33 bits per heavy atom. The van der Waals surface area contributed by atoms with Gasteiger partial charge < -0.3 is 10.6 Å². The molecule has 2 N–H and O–H groups in total. The lowest BCUT2D eigenvalue weighted by molar-refractivity contribution is -0.174. The van der Waals surface area contributed by atoms with Crippen molar-refractivity contribution >= 4 is 5.91 Å². The van der Waals surface area contributed by atoms with E-state index in [1.807, 2.05) is 12.2 Å². The van der Waals surface area contributed by atoms with E-state index in [9.17, 15) is 18.0 Å². The highest BCUT2D eigenvalue weighted by atomic mass is 19.4. The minimum absolute atomic E-state index is 0.406. The summed E-state index contributed by atoms with van der Waals surface area (Å²) in [6.45, 7) is 2.45. The van der Waals surface area contributed by atoms with Gasteiger partial charge in [-0.2, -0.15) is 13.2 Å². The van der Waals surface area contributed by atoms with E-state index in [1.165, 1.54) is 0 Å². The molecule has 1 unspecified atom stereocenters. The maximum Gasteiger partial charge on any atom is 0.471 e. The molecule has 15 heavy (non-hydrogen) atoms. The Morgan fingerprint density at radius 2 is 1.93 bits per heavy atom. The van der Waals surface area contributed by atoms with Crippen LogP contribution in [0.4, 0.5) is 13.2 Å². The smallest absolute Gasteiger partial charge is 0.346 e. The maximum atomic E-state index is 11.9. The van der Waals surface area contributed by atoms with Crippen molar-refractivity contribution in [3.63, 3.8) is 0 Å². The van der Waals surface area contributed by atoms with Crippen LogP contribution in [0.2, 0.25) is 0 Å². The Labute approximate surface area is 87.4 Å². The summed E-state index contributed by atoms with van der Waals surface area (Å²) in [5.41, 5.74) is 0. The molecule has 0 fully saturated rings. The van der Waals surface area contributed by atoms with Crippen LogP contribution >= 0.6 is 0 Å². The SMILES string of the molecule is CCCC(CCNC)NC(=O)C(F)(F)F. The van der Waals surface area contributed by atoms with Crippen LogP contribution in [0.3, 0.4) is 0 Å². The number of halogens is 3. The quantitative estimate of drug-likeness (QED) is 0.719. The van der Waals surface area contributed by atoms with Crippen LogP contribution in [0.25, 0.3) is 0 Å². The van der Waals surface area contributed by atoms with Crippen LogP contribution in [0.15, 0.2) is 0 Å². The lowest BCUT2D eigenvalue weighted by atomic mass is 10.1. The van der Waals surface area contributed by atoms with Gasteiger partial charge in [-0.3, -0.25) is 4.79 Å². The average molecular weight is 226 g/mol. The second kappa shape index (κ2) is 6.66. The Bertz CT molecular complexity index is 194. The molecule has 1 atom stereocenters. The number of hydrogen-bond acceptors (Lipinski definition) is 2. The third kappa shape index (κ3) is 6.33. The highest BCUT2D eigenvalue weighted by molar-refractivity contribution is 5.81. The summed E-state index contributed by atoms with van der Waals surface area (Å²) in [5.74, 6) is -1.85. The van der Waals surface area contributed by atoms with Crippen molar-refractivity contribution in [3.05, 3.63) is 0 Å². The number of amides is 1. The van der Waals surface area contributed by atoms with Gasteiger partial charge >= 0.3 is 12.1 Å². The van der Waals surface area contributed by atoms with Crippen molar-refractivity contribution in [2.75, 3.05) is 13.6 Å². The number of rotatable bonds is 6. The second-order valence-electron chi connectivity index (χ2n) is 3.35. The number of nitrogens with one attached hydrogen (secondary N) is 2. The molecule has 0 radical (unpaired) electrons. The van der Waals surface area contributed by atoms with Gasteiger partial charge in [-0.05, 0) is 26.4 Å². The Kier molecular flexibility index (Phi) is 6.31. The molecular formula is C9H17F3N2O. The van der Waals surface area contributed by atoms with Gasteiger partial charge in [0.05, 0.1) is 0 Å². The first-order valence-electron chi connectivity index (χ1n) is 4.94. The van der Waals surface area contributed by atoms with Crippen LogP contribution in [-0.2, 0) is 4.79 Å². The monoisotopic (exact) mass is 226 g/mol. The van der Waals surface area contributed by atoms with Crippen LogP contribution in [0, 0.1) is 0 Å². The second-order valence-corrected chi connectivity index (χ2v) is 3.35. The van der Waals surface area contributed by atoms with E-state index in [-0.39, 0.29) is 0 Å². The van der Waals surface area contributed by atoms with E-state index in [0.29, 0.717) is 19.4 Å². The van der Waals surface area contributed by atoms with E-state index in [1.54, 1.807) is 7.05 Å². The van der Waals surface area contributed by atoms with E-state index < -0.39 is 18.1 Å². The fraction of sp³-hybridized carbons (Fsp3) is 0.889. The Morgan fingerprint density at radius 3 is 2.33 bits per heavy atom. The molecule has 0 aliphatic carbocycles. The van der Waals surface area contributed by atoms with Crippen molar-refractivity contribution in [1.29, 1.82) is 0 Å². The minimum Gasteiger partial charge on any atom is -0.346 e. The van der Waals surface area contributed by atoms with Crippen LogP contribution < -0.4 is 10.6 Å². The van der Waals surface area contributed by atoms with E-state index in [4.69, 9.17) is 0 Å².